The van der Waals surface area contributed by atoms with Crippen molar-refractivity contribution in [3.63, 3.8) is 0 Å². The van der Waals surface area contributed by atoms with Crippen LogP contribution >= 0.6 is 11.5 Å². The van der Waals surface area contributed by atoms with Gasteiger partial charge in [-0.3, -0.25) is 20.4 Å². The summed E-state index contributed by atoms with van der Waals surface area (Å²) in [4.78, 5) is 24.2. The molecule has 2 aromatic rings. The molecule has 2 amide bonds. The number of anilines is 1. The number of hydrogen-bond acceptors (Lipinski definition) is 6. The van der Waals surface area contributed by atoms with Crippen LogP contribution in [0.4, 0.5) is 5.69 Å². The molecule has 0 saturated heterocycles. The Morgan fingerprint density at radius 1 is 1.22 bits per heavy atom. The van der Waals surface area contributed by atoms with E-state index in [1.807, 2.05) is 39.0 Å². The third-order valence-corrected chi connectivity index (χ3v) is 4.00. The Kier molecular flexibility index (Phi) is 5.64. The summed E-state index contributed by atoms with van der Waals surface area (Å²) in [6, 6.07) is 5.93. The number of amides is 2. The van der Waals surface area contributed by atoms with E-state index in [0.717, 1.165) is 28.3 Å². The molecule has 0 atom stereocenters. The molecule has 0 bridgehead atoms. The molecule has 0 unspecified atom stereocenters. The van der Waals surface area contributed by atoms with E-state index in [1.54, 1.807) is 0 Å². The van der Waals surface area contributed by atoms with Crippen LogP contribution in [0.15, 0.2) is 18.2 Å². The summed E-state index contributed by atoms with van der Waals surface area (Å²) in [7, 11) is 0. The van der Waals surface area contributed by atoms with Gasteiger partial charge in [-0.05, 0) is 43.4 Å². The molecule has 0 aliphatic heterocycles. The highest BCUT2D eigenvalue weighted by Crippen LogP contribution is 2.15. The van der Waals surface area contributed by atoms with Crippen LogP contribution in [0.2, 0.25) is 0 Å². The maximum Gasteiger partial charge on any atom is 0.283 e. The first-order chi connectivity index (χ1) is 11.0. The highest BCUT2D eigenvalue weighted by atomic mass is 32.1. The Bertz CT molecular complexity index is 714. The van der Waals surface area contributed by atoms with Crippen molar-refractivity contribution >= 4 is 29.0 Å². The summed E-state index contributed by atoms with van der Waals surface area (Å²) in [5.41, 5.74) is 8.47. The van der Waals surface area contributed by atoms with Gasteiger partial charge in [-0.2, -0.15) is 0 Å². The summed E-state index contributed by atoms with van der Waals surface area (Å²) < 4.78 is 3.74. The third-order valence-electron chi connectivity index (χ3n) is 3.23. The van der Waals surface area contributed by atoms with Crippen molar-refractivity contribution in [1.82, 2.24) is 20.4 Å². The Hall–Kier alpha value is -2.48. The monoisotopic (exact) mass is 333 g/mol. The van der Waals surface area contributed by atoms with Crippen LogP contribution in [0.5, 0.6) is 0 Å². The molecule has 23 heavy (non-hydrogen) atoms. The van der Waals surface area contributed by atoms with Gasteiger partial charge < -0.3 is 5.32 Å². The zero-order valence-corrected chi connectivity index (χ0v) is 14.1. The van der Waals surface area contributed by atoms with Crippen molar-refractivity contribution < 1.29 is 9.59 Å². The zero-order valence-electron chi connectivity index (χ0n) is 13.3. The van der Waals surface area contributed by atoms with Crippen molar-refractivity contribution in [2.45, 2.75) is 27.2 Å². The highest BCUT2D eigenvalue weighted by Gasteiger charge is 2.15. The molecule has 122 valence electrons. The average molecular weight is 333 g/mol. The van der Waals surface area contributed by atoms with Gasteiger partial charge in [0.2, 0.25) is 0 Å². The van der Waals surface area contributed by atoms with Crippen LogP contribution in [0, 0.1) is 13.8 Å². The van der Waals surface area contributed by atoms with E-state index >= 15 is 0 Å². The number of rotatable bonds is 5. The Morgan fingerprint density at radius 3 is 2.70 bits per heavy atom. The van der Waals surface area contributed by atoms with Gasteiger partial charge in [-0.25, -0.2) is 0 Å². The van der Waals surface area contributed by atoms with Crippen LogP contribution in [-0.2, 0) is 11.2 Å². The Morgan fingerprint density at radius 2 is 2.00 bits per heavy atom. The Labute approximate surface area is 138 Å². The minimum absolute atomic E-state index is 0.0613. The van der Waals surface area contributed by atoms with Crippen molar-refractivity contribution in [3.8, 4) is 0 Å². The molecule has 3 N–H and O–H groups in total. The molecular formula is C15H19N5O2S. The summed E-state index contributed by atoms with van der Waals surface area (Å²) >= 11 is 1.01. The second kappa shape index (κ2) is 7.68. The van der Waals surface area contributed by atoms with Crippen LogP contribution in [0.1, 0.15) is 33.4 Å². The molecule has 0 spiro atoms. The minimum Gasteiger partial charge on any atom is -0.376 e. The van der Waals surface area contributed by atoms with Gasteiger partial charge in [0, 0.05) is 5.69 Å². The lowest BCUT2D eigenvalue weighted by atomic mass is 10.1. The van der Waals surface area contributed by atoms with Gasteiger partial charge in [-0.1, -0.05) is 29.1 Å². The summed E-state index contributed by atoms with van der Waals surface area (Å²) in [5, 5.41) is 6.89. The molecule has 0 radical (unpaired) electrons. The maximum absolute atomic E-state index is 11.9. The van der Waals surface area contributed by atoms with E-state index in [2.05, 4.69) is 25.8 Å². The SMILES string of the molecule is CCc1nnsc1C(=O)NNC(=O)CNc1ccc(C)cc1C. The molecule has 1 aromatic heterocycles. The lowest BCUT2D eigenvalue weighted by molar-refractivity contribution is -0.120. The summed E-state index contributed by atoms with van der Waals surface area (Å²) in [6.45, 7) is 5.93. The first-order valence-electron chi connectivity index (χ1n) is 7.22. The molecule has 7 nitrogen and oxygen atoms in total. The fourth-order valence-corrected chi connectivity index (χ4v) is 2.67. The molecule has 1 heterocycles. The lowest BCUT2D eigenvalue weighted by Crippen LogP contribution is -2.44. The predicted molar refractivity (Wildman–Crippen MR) is 89.3 cm³/mol. The van der Waals surface area contributed by atoms with Gasteiger partial charge in [0.15, 0.2) is 0 Å². The number of hydrazine groups is 1. The molecule has 0 aliphatic carbocycles. The molecular weight excluding hydrogens is 314 g/mol. The van der Waals surface area contributed by atoms with Gasteiger partial charge >= 0.3 is 0 Å². The van der Waals surface area contributed by atoms with E-state index in [0.29, 0.717) is 17.0 Å². The fraction of sp³-hybridized carbons (Fsp3) is 0.333. The molecule has 1 aromatic carbocycles. The molecule has 0 aliphatic rings. The molecule has 2 rings (SSSR count). The topological polar surface area (TPSA) is 96.0 Å². The van der Waals surface area contributed by atoms with Crippen molar-refractivity contribution in [2.24, 2.45) is 0 Å². The Balaban J connectivity index is 1.82. The van der Waals surface area contributed by atoms with Crippen LogP contribution in [0.3, 0.4) is 0 Å². The van der Waals surface area contributed by atoms with E-state index in [4.69, 9.17) is 0 Å². The normalized spacial score (nSPS) is 10.2. The summed E-state index contributed by atoms with van der Waals surface area (Å²) in [6.07, 6.45) is 0.613. The van der Waals surface area contributed by atoms with Crippen LogP contribution < -0.4 is 16.2 Å². The molecule has 0 saturated carbocycles. The molecule has 8 heteroatoms. The van der Waals surface area contributed by atoms with Crippen molar-refractivity contribution in [3.05, 3.63) is 39.9 Å². The first kappa shape index (κ1) is 16.9. The van der Waals surface area contributed by atoms with E-state index in [9.17, 15) is 9.59 Å². The number of nitrogens with zero attached hydrogens (tertiary/aromatic N) is 2. The fourth-order valence-electron chi connectivity index (χ4n) is 2.03. The molecule has 0 fully saturated rings. The van der Waals surface area contributed by atoms with E-state index in [1.165, 1.54) is 0 Å². The standard InChI is InChI=1S/C15H19N5O2S/c1-4-11-14(23-20-17-11)15(22)19-18-13(21)8-16-12-6-5-9(2)7-10(12)3/h5-7,16H,4,8H2,1-3H3,(H,18,21)(H,19,22). The number of hydrogen-bond donors (Lipinski definition) is 3. The number of carbonyl (C=O) groups excluding carboxylic acids is 2. The largest absolute Gasteiger partial charge is 0.376 e. The number of aromatic nitrogens is 2. The predicted octanol–water partition coefficient (Wildman–Crippen LogP) is 1.59. The van der Waals surface area contributed by atoms with Crippen molar-refractivity contribution in [1.29, 1.82) is 0 Å². The highest BCUT2D eigenvalue weighted by molar-refractivity contribution is 7.08. The number of carbonyl (C=O) groups is 2. The maximum atomic E-state index is 11.9. The number of benzene rings is 1. The van der Waals surface area contributed by atoms with Crippen LogP contribution in [0.25, 0.3) is 0 Å². The van der Waals surface area contributed by atoms with E-state index < -0.39 is 5.91 Å². The minimum atomic E-state index is -0.406. The lowest BCUT2D eigenvalue weighted by Gasteiger charge is -2.11. The average Bonchev–Trinajstić information content (AvgIpc) is 3.00. The van der Waals surface area contributed by atoms with Gasteiger partial charge in [0.1, 0.15) is 4.88 Å². The zero-order chi connectivity index (χ0) is 16.8. The number of nitrogens with one attached hydrogen (secondary N) is 3. The summed E-state index contributed by atoms with van der Waals surface area (Å²) in [5.74, 6) is -0.745. The third kappa shape index (κ3) is 4.49. The van der Waals surface area contributed by atoms with Crippen molar-refractivity contribution in [2.75, 3.05) is 11.9 Å². The van der Waals surface area contributed by atoms with Gasteiger partial charge in [0.05, 0.1) is 12.2 Å². The van der Waals surface area contributed by atoms with Gasteiger partial charge in [-0.15, -0.1) is 5.10 Å². The number of aryl methyl sites for hydroxylation is 3. The first-order valence-corrected chi connectivity index (χ1v) is 8.00. The van der Waals surface area contributed by atoms with Crippen LogP contribution in [-0.4, -0.2) is 27.9 Å². The second-order valence-electron chi connectivity index (χ2n) is 5.08. The quantitative estimate of drug-likeness (QED) is 0.722. The smallest absolute Gasteiger partial charge is 0.283 e. The van der Waals surface area contributed by atoms with E-state index in [-0.39, 0.29) is 12.5 Å². The van der Waals surface area contributed by atoms with Gasteiger partial charge in [0.25, 0.3) is 11.8 Å². The second-order valence-corrected chi connectivity index (χ2v) is 5.83.